The lowest BCUT2D eigenvalue weighted by molar-refractivity contribution is 0.359. The van der Waals surface area contributed by atoms with E-state index in [-0.39, 0.29) is 11.5 Å². The van der Waals surface area contributed by atoms with Gasteiger partial charge in [0, 0.05) is 29.7 Å². The lowest BCUT2D eigenvalue weighted by atomic mass is 10.2. The summed E-state index contributed by atoms with van der Waals surface area (Å²) < 4.78 is 38.0. The second-order valence-corrected chi connectivity index (χ2v) is 4.77. The van der Waals surface area contributed by atoms with Crippen molar-refractivity contribution < 1.29 is 18.3 Å². The first-order valence-electron chi connectivity index (χ1n) is 6.24. The van der Waals surface area contributed by atoms with Gasteiger partial charge < -0.3 is 9.47 Å². The van der Waals surface area contributed by atoms with Gasteiger partial charge in [0.2, 0.25) is 0 Å². The second kappa shape index (κ2) is 6.70. The van der Waals surface area contributed by atoms with Crippen LogP contribution < -0.4 is 9.47 Å². The number of aryl methyl sites for hydroxylation is 1. The molecule has 22 heavy (non-hydrogen) atoms. The van der Waals surface area contributed by atoms with Gasteiger partial charge in [-0.1, -0.05) is 11.6 Å². The summed E-state index contributed by atoms with van der Waals surface area (Å²) in [6.45, 7) is 1.78. The maximum Gasteiger partial charge on any atom is 0.193 e. The van der Waals surface area contributed by atoms with Crippen LogP contribution in [0, 0.1) is 18.6 Å². The summed E-state index contributed by atoms with van der Waals surface area (Å²) in [5, 5.41) is 0.381. The van der Waals surface area contributed by atoms with Crippen LogP contribution in [-0.2, 0) is 0 Å². The molecular formula is C15H13ClF2N2O2. The fourth-order valence-electron chi connectivity index (χ4n) is 1.75. The molecule has 0 unspecified atom stereocenters. The number of nitrogens with zero attached hydrogens (tertiary/aromatic N) is 2. The summed E-state index contributed by atoms with van der Waals surface area (Å²) in [5.41, 5.74) is 0.642. The predicted molar refractivity (Wildman–Crippen MR) is 80.7 cm³/mol. The highest BCUT2D eigenvalue weighted by atomic mass is 35.5. The van der Waals surface area contributed by atoms with E-state index in [9.17, 15) is 8.78 Å². The lowest BCUT2D eigenvalue weighted by Gasteiger charge is -2.09. The second-order valence-electron chi connectivity index (χ2n) is 4.36. The Bertz CT molecular complexity index is 708. The minimum Gasteiger partial charge on any atom is -0.493 e. The third-order valence-electron chi connectivity index (χ3n) is 2.90. The standard InChI is InChI=1S/C15H13ClF2N2O2/c1-8-4-10(16)9(6-19-8)7-20-15-13(17)11(21-2)5-12(22-3)14(15)18/h4-7H,1-3H3. The smallest absolute Gasteiger partial charge is 0.193 e. The molecule has 0 bridgehead atoms. The van der Waals surface area contributed by atoms with Crippen molar-refractivity contribution in [2.45, 2.75) is 6.92 Å². The Kier molecular flexibility index (Phi) is 4.92. The van der Waals surface area contributed by atoms with Gasteiger partial charge in [0.05, 0.1) is 19.2 Å². The van der Waals surface area contributed by atoms with E-state index in [1.54, 1.807) is 13.0 Å². The zero-order valence-corrected chi connectivity index (χ0v) is 12.9. The molecule has 116 valence electrons. The van der Waals surface area contributed by atoms with Crippen molar-refractivity contribution in [3.8, 4) is 11.5 Å². The van der Waals surface area contributed by atoms with Gasteiger partial charge in [0.15, 0.2) is 23.1 Å². The Labute approximate surface area is 131 Å². The molecule has 1 aromatic carbocycles. The number of pyridine rings is 1. The maximum atomic E-state index is 14.1. The molecule has 1 heterocycles. The number of halogens is 3. The monoisotopic (exact) mass is 326 g/mol. The largest absolute Gasteiger partial charge is 0.493 e. The summed E-state index contributed by atoms with van der Waals surface area (Å²) in [6, 6.07) is 2.74. The van der Waals surface area contributed by atoms with E-state index in [2.05, 4.69) is 9.98 Å². The molecule has 1 aromatic heterocycles. The number of aliphatic imine (C=N–C) groups is 1. The molecule has 0 aliphatic carbocycles. The Morgan fingerprint density at radius 3 is 2.23 bits per heavy atom. The van der Waals surface area contributed by atoms with Crippen molar-refractivity contribution in [1.29, 1.82) is 0 Å². The molecule has 7 heteroatoms. The van der Waals surface area contributed by atoms with E-state index >= 15 is 0 Å². The van der Waals surface area contributed by atoms with E-state index in [0.29, 0.717) is 10.6 Å². The first kappa shape index (κ1) is 16.2. The predicted octanol–water partition coefficient (Wildman–Crippen LogP) is 4.09. The normalized spacial score (nSPS) is 11.0. The number of aromatic nitrogens is 1. The molecule has 0 N–H and O–H groups in total. The maximum absolute atomic E-state index is 14.1. The summed E-state index contributed by atoms with van der Waals surface area (Å²) in [6.07, 6.45) is 2.70. The topological polar surface area (TPSA) is 43.7 Å². The van der Waals surface area contributed by atoms with Crippen LogP contribution in [-0.4, -0.2) is 25.4 Å². The molecular weight excluding hydrogens is 314 g/mol. The van der Waals surface area contributed by atoms with E-state index in [0.717, 1.165) is 11.8 Å². The van der Waals surface area contributed by atoms with Gasteiger partial charge in [-0.15, -0.1) is 0 Å². The van der Waals surface area contributed by atoms with Crippen molar-refractivity contribution in [3.05, 3.63) is 46.2 Å². The Morgan fingerprint density at radius 1 is 1.14 bits per heavy atom. The van der Waals surface area contributed by atoms with Crippen molar-refractivity contribution in [1.82, 2.24) is 4.98 Å². The van der Waals surface area contributed by atoms with Crippen LogP contribution >= 0.6 is 11.6 Å². The molecule has 0 aliphatic rings. The molecule has 0 radical (unpaired) electrons. The van der Waals surface area contributed by atoms with Crippen LogP contribution in [0.5, 0.6) is 11.5 Å². The van der Waals surface area contributed by atoms with Crippen LogP contribution in [0.2, 0.25) is 5.02 Å². The van der Waals surface area contributed by atoms with Gasteiger partial charge in [-0.2, -0.15) is 0 Å². The highest BCUT2D eigenvalue weighted by Crippen LogP contribution is 2.36. The van der Waals surface area contributed by atoms with Crippen LogP contribution in [0.4, 0.5) is 14.5 Å². The highest BCUT2D eigenvalue weighted by Gasteiger charge is 2.19. The number of hydrogen-bond donors (Lipinski definition) is 0. The first-order valence-corrected chi connectivity index (χ1v) is 6.62. The number of rotatable bonds is 4. The Morgan fingerprint density at radius 2 is 1.73 bits per heavy atom. The fraction of sp³-hybridized carbons (Fsp3) is 0.200. The van der Waals surface area contributed by atoms with Crippen molar-refractivity contribution in [2.75, 3.05) is 14.2 Å². The molecule has 0 spiro atoms. The first-order chi connectivity index (χ1) is 10.5. The molecule has 0 saturated heterocycles. The Hall–Kier alpha value is -2.21. The average molecular weight is 327 g/mol. The van der Waals surface area contributed by atoms with E-state index in [1.807, 2.05) is 0 Å². The van der Waals surface area contributed by atoms with Gasteiger partial charge >= 0.3 is 0 Å². The summed E-state index contributed by atoms with van der Waals surface area (Å²) in [5.74, 6) is -2.18. The summed E-state index contributed by atoms with van der Waals surface area (Å²) in [4.78, 5) is 7.88. The van der Waals surface area contributed by atoms with Crippen molar-refractivity contribution in [2.24, 2.45) is 4.99 Å². The van der Waals surface area contributed by atoms with Gasteiger partial charge in [-0.3, -0.25) is 4.98 Å². The fourth-order valence-corrected chi connectivity index (χ4v) is 2.01. The van der Waals surface area contributed by atoms with Gasteiger partial charge in [-0.25, -0.2) is 13.8 Å². The molecule has 4 nitrogen and oxygen atoms in total. The van der Waals surface area contributed by atoms with Crippen LogP contribution in [0.1, 0.15) is 11.3 Å². The zero-order chi connectivity index (χ0) is 16.3. The number of hydrogen-bond acceptors (Lipinski definition) is 4. The van der Waals surface area contributed by atoms with Crippen LogP contribution in [0.25, 0.3) is 0 Å². The molecule has 0 amide bonds. The van der Waals surface area contributed by atoms with Crippen LogP contribution in [0.3, 0.4) is 0 Å². The molecule has 0 atom stereocenters. The third kappa shape index (κ3) is 3.17. The van der Waals surface area contributed by atoms with Gasteiger partial charge in [0.25, 0.3) is 0 Å². The van der Waals surface area contributed by atoms with Crippen molar-refractivity contribution in [3.63, 3.8) is 0 Å². The lowest BCUT2D eigenvalue weighted by Crippen LogP contribution is -1.96. The van der Waals surface area contributed by atoms with Crippen LogP contribution in [0.15, 0.2) is 23.3 Å². The van der Waals surface area contributed by atoms with Gasteiger partial charge in [0.1, 0.15) is 5.69 Å². The molecule has 0 aliphatic heterocycles. The van der Waals surface area contributed by atoms with Gasteiger partial charge in [-0.05, 0) is 13.0 Å². The molecule has 2 rings (SSSR count). The molecule has 0 saturated carbocycles. The summed E-state index contributed by atoms with van der Waals surface area (Å²) in [7, 11) is 2.54. The van der Waals surface area contributed by atoms with E-state index < -0.39 is 17.3 Å². The minimum absolute atomic E-state index is 0.168. The highest BCUT2D eigenvalue weighted by molar-refractivity contribution is 6.33. The quantitative estimate of drug-likeness (QED) is 0.795. The minimum atomic E-state index is -0.923. The SMILES string of the molecule is COc1cc(OC)c(F)c(N=Cc2cnc(C)cc2Cl)c1F. The molecule has 0 fully saturated rings. The summed E-state index contributed by atoms with van der Waals surface area (Å²) >= 11 is 6.02. The van der Waals surface area contributed by atoms with E-state index in [1.165, 1.54) is 26.6 Å². The van der Waals surface area contributed by atoms with Crippen molar-refractivity contribution >= 4 is 23.5 Å². The zero-order valence-electron chi connectivity index (χ0n) is 12.2. The molecule has 2 aromatic rings. The average Bonchev–Trinajstić information content (AvgIpc) is 2.49. The Balaban J connectivity index is 2.50. The number of ether oxygens (including phenoxy) is 2. The number of benzene rings is 1. The number of methoxy groups -OCH3 is 2. The third-order valence-corrected chi connectivity index (χ3v) is 3.23. The van der Waals surface area contributed by atoms with E-state index in [4.69, 9.17) is 21.1 Å².